The lowest BCUT2D eigenvalue weighted by atomic mass is 10.0. The van der Waals surface area contributed by atoms with Gasteiger partial charge in [-0.15, -0.1) is 11.3 Å². The van der Waals surface area contributed by atoms with E-state index in [0.717, 1.165) is 0 Å². The number of aryl methyl sites for hydroxylation is 1. The second-order valence-electron chi connectivity index (χ2n) is 6.32. The number of carbonyl (C=O) groups is 3. The molecule has 0 aliphatic heterocycles. The fourth-order valence-electron chi connectivity index (χ4n) is 3.15. The van der Waals surface area contributed by atoms with Gasteiger partial charge < -0.3 is 14.3 Å². The summed E-state index contributed by atoms with van der Waals surface area (Å²) in [5, 5.41) is 1.80. The molecule has 3 aromatic rings. The zero-order chi connectivity index (χ0) is 19.7. The third-order valence-electron chi connectivity index (χ3n) is 4.40. The Labute approximate surface area is 160 Å². The van der Waals surface area contributed by atoms with E-state index in [0.29, 0.717) is 33.1 Å². The number of Topliss-reactive ketones (excluding diaryl/α,β-unsaturated/α-hetero) is 2. The fourth-order valence-corrected chi connectivity index (χ4v) is 3.92. The third-order valence-corrected chi connectivity index (χ3v) is 5.29. The molecule has 0 spiro atoms. The van der Waals surface area contributed by atoms with Gasteiger partial charge in [0.15, 0.2) is 11.9 Å². The number of hydrogen-bond acceptors (Lipinski definition) is 5. The zero-order valence-electron chi connectivity index (χ0n) is 15.5. The zero-order valence-corrected chi connectivity index (χ0v) is 16.3. The predicted octanol–water partition coefficient (Wildman–Crippen LogP) is 4.11. The van der Waals surface area contributed by atoms with Crippen molar-refractivity contribution in [2.45, 2.75) is 33.8 Å². The van der Waals surface area contributed by atoms with E-state index < -0.39 is 12.1 Å². The first kappa shape index (κ1) is 18.8. The summed E-state index contributed by atoms with van der Waals surface area (Å²) >= 11 is 1.26. The number of aromatic nitrogens is 2. The summed E-state index contributed by atoms with van der Waals surface area (Å²) in [5.41, 5.74) is 2.73. The summed E-state index contributed by atoms with van der Waals surface area (Å²) in [7, 11) is 0. The summed E-state index contributed by atoms with van der Waals surface area (Å²) in [5.74, 6) is -1.03. The Morgan fingerprint density at radius 3 is 2.44 bits per heavy atom. The van der Waals surface area contributed by atoms with Gasteiger partial charge in [0.25, 0.3) is 0 Å². The molecule has 7 heteroatoms. The van der Waals surface area contributed by atoms with Gasteiger partial charge in [0.1, 0.15) is 4.88 Å². The Morgan fingerprint density at radius 2 is 1.85 bits per heavy atom. The molecule has 0 saturated carbocycles. The summed E-state index contributed by atoms with van der Waals surface area (Å²) in [6.07, 6.45) is 2.69. The second-order valence-corrected chi connectivity index (χ2v) is 7.23. The second kappa shape index (κ2) is 7.36. The number of rotatable bonds is 6. The van der Waals surface area contributed by atoms with E-state index in [-0.39, 0.29) is 11.6 Å². The smallest absolute Gasteiger partial charge is 0.351 e. The van der Waals surface area contributed by atoms with Crippen LogP contribution in [0.3, 0.4) is 0 Å². The summed E-state index contributed by atoms with van der Waals surface area (Å²) in [6, 6.07) is 5.55. The van der Waals surface area contributed by atoms with E-state index in [1.54, 1.807) is 19.2 Å². The Morgan fingerprint density at radius 1 is 1.19 bits per heavy atom. The maximum atomic E-state index is 12.8. The van der Waals surface area contributed by atoms with Crippen LogP contribution in [0.25, 0.3) is 5.69 Å². The number of esters is 1. The molecule has 0 radical (unpaired) electrons. The van der Waals surface area contributed by atoms with Gasteiger partial charge in [-0.2, -0.15) is 0 Å². The quantitative estimate of drug-likeness (QED) is 0.512. The molecule has 140 valence electrons. The number of carbonyl (C=O) groups excluding carboxylic acids is 3. The molecule has 0 saturated heterocycles. The average molecular weight is 384 g/mol. The predicted molar refractivity (Wildman–Crippen MR) is 103 cm³/mol. The minimum absolute atomic E-state index is 0.111. The SMILES string of the molecule is CC(=O)c1c(C)[nH]c(C(=O)[C@H](C)OC(=O)c2sccc2-n2cccc2)c1C. The lowest BCUT2D eigenvalue weighted by molar-refractivity contribution is 0.0321. The van der Waals surface area contributed by atoms with Gasteiger partial charge in [-0.25, -0.2) is 4.79 Å². The van der Waals surface area contributed by atoms with Gasteiger partial charge in [0.05, 0.1) is 11.4 Å². The molecule has 27 heavy (non-hydrogen) atoms. The number of ketones is 2. The van der Waals surface area contributed by atoms with E-state index >= 15 is 0 Å². The van der Waals surface area contributed by atoms with E-state index in [4.69, 9.17) is 4.74 Å². The molecule has 0 aromatic carbocycles. The average Bonchev–Trinajstić information content (AvgIpc) is 3.33. The number of hydrogen-bond donors (Lipinski definition) is 1. The van der Waals surface area contributed by atoms with Crippen LogP contribution in [0.5, 0.6) is 0 Å². The Hall–Kier alpha value is -2.93. The molecule has 0 fully saturated rings. The molecule has 0 aliphatic rings. The van der Waals surface area contributed by atoms with Gasteiger partial charge in [0, 0.05) is 23.7 Å². The monoisotopic (exact) mass is 384 g/mol. The van der Waals surface area contributed by atoms with Crippen LogP contribution < -0.4 is 0 Å². The third kappa shape index (κ3) is 3.50. The van der Waals surface area contributed by atoms with Gasteiger partial charge in [-0.1, -0.05) is 0 Å². The summed E-state index contributed by atoms with van der Waals surface area (Å²) < 4.78 is 7.23. The Balaban J connectivity index is 1.80. The number of nitrogens with zero attached hydrogens (tertiary/aromatic N) is 1. The first-order valence-corrected chi connectivity index (χ1v) is 9.35. The first-order valence-electron chi connectivity index (χ1n) is 8.47. The normalized spacial score (nSPS) is 12.0. The van der Waals surface area contributed by atoms with Gasteiger partial charge in [-0.05, 0) is 56.8 Å². The largest absolute Gasteiger partial charge is 0.450 e. The van der Waals surface area contributed by atoms with Crippen LogP contribution >= 0.6 is 11.3 Å². The molecular weight excluding hydrogens is 364 g/mol. The minimum Gasteiger partial charge on any atom is -0.450 e. The Kier molecular flexibility index (Phi) is 5.14. The van der Waals surface area contributed by atoms with Crippen molar-refractivity contribution in [3.05, 3.63) is 63.4 Å². The number of ether oxygens (including phenoxy) is 1. The first-order chi connectivity index (χ1) is 12.8. The topological polar surface area (TPSA) is 81.2 Å². The van der Waals surface area contributed by atoms with Crippen molar-refractivity contribution in [1.29, 1.82) is 0 Å². The highest BCUT2D eigenvalue weighted by molar-refractivity contribution is 7.12. The summed E-state index contributed by atoms with van der Waals surface area (Å²) in [4.78, 5) is 40.5. The van der Waals surface area contributed by atoms with Crippen molar-refractivity contribution < 1.29 is 19.1 Å². The number of nitrogens with one attached hydrogen (secondary N) is 1. The van der Waals surface area contributed by atoms with Crippen molar-refractivity contribution in [2.24, 2.45) is 0 Å². The van der Waals surface area contributed by atoms with Crippen molar-refractivity contribution in [3.63, 3.8) is 0 Å². The fraction of sp³-hybridized carbons (Fsp3) is 0.250. The molecular formula is C20H20N2O4S. The van der Waals surface area contributed by atoms with Crippen LogP contribution in [0.1, 0.15) is 55.6 Å². The molecule has 0 amide bonds. The van der Waals surface area contributed by atoms with E-state index in [1.165, 1.54) is 25.2 Å². The number of H-pyrrole nitrogens is 1. The maximum Gasteiger partial charge on any atom is 0.351 e. The van der Waals surface area contributed by atoms with Crippen molar-refractivity contribution in [1.82, 2.24) is 9.55 Å². The van der Waals surface area contributed by atoms with E-state index in [1.807, 2.05) is 35.2 Å². The van der Waals surface area contributed by atoms with Crippen molar-refractivity contribution in [3.8, 4) is 5.69 Å². The molecule has 3 aromatic heterocycles. The van der Waals surface area contributed by atoms with Crippen LogP contribution in [0.4, 0.5) is 0 Å². The molecule has 1 N–H and O–H groups in total. The summed E-state index contributed by atoms with van der Waals surface area (Å²) in [6.45, 7) is 6.45. The highest BCUT2D eigenvalue weighted by atomic mass is 32.1. The lowest BCUT2D eigenvalue weighted by Gasteiger charge is -2.12. The Bertz CT molecular complexity index is 1010. The molecule has 3 heterocycles. The van der Waals surface area contributed by atoms with Crippen LogP contribution in [0, 0.1) is 13.8 Å². The maximum absolute atomic E-state index is 12.8. The number of aromatic amines is 1. The standard InChI is InChI=1S/C20H20N2O4S/c1-11-16(13(3)23)12(2)21-17(11)18(24)14(4)26-20(25)19-15(7-10-27-19)22-8-5-6-9-22/h5-10,14,21H,1-4H3/t14-/m0/s1. The number of thiophene rings is 1. The van der Waals surface area contributed by atoms with Crippen molar-refractivity contribution in [2.75, 3.05) is 0 Å². The van der Waals surface area contributed by atoms with Crippen LogP contribution in [0.2, 0.25) is 0 Å². The lowest BCUT2D eigenvalue weighted by Crippen LogP contribution is -2.25. The van der Waals surface area contributed by atoms with Gasteiger partial charge in [0.2, 0.25) is 5.78 Å². The van der Waals surface area contributed by atoms with Crippen LogP contribution in [-0.2, 0) is 4.74 Å². The highest BCUT2D eigenvalue weighted by Gasteiger charge is 2.27. The molecule has 3 rings (SSSR count). The molecule has 0 unspecified atom stereocenters. The van der Waals surface area contributed by atoms with Gasteiger partial charge >= 0.3 is 5.97 Å². The molecule has 1 atom stereocenters. The molecule has 0 bridgehead atoms. The molecule has 0 aliphatic carbocycles. The van der Waals surface area contributed by atoms with E-state index in [2.05, 4.69) is 4.98 Å². The van der Waals surface area contributed by atoms with Crippen molar-refractivity contribution >= 4 is 28.9 Å². The van der Waals surface area contributed by atoms with E-state index in [9.17, 15) is 14.4 Å². The van der Waals surface area contributed by atoms with Crippen LogP contribution in [0.15, 0.2) is 36.0 Å². The van der Waals surface area contributed by atoms with Crippen LogP contribution in [-0.4, -0.2) is 33.2 Å². The minimum atomic E-state index is -0.978. The molecule has 6 nitrogen and oxygen atoms in total. The highest BCUT2D eigenvalue weighted by Crippen LogP contribution is 2.24. The van der Waals surface area contributed by atoms with Gasteiger partial charge in [-0.3, -0.25) is 9.59 Å².